The first-order chi connectivity index (χ1) is 14.0. The van der Waals surface area contributed by atoms with Crippen LogP contribution in [-0.4, -0.2) is 36.6 Å². The molecule has 0 saturated carbocycles. The molecular weight excluding hydrogens is 364 g/mol. The van der Waals surface area contributed by atoms with Crippen molar-refractivity contribution in [2.45, 2.75) is 59.0 Å². The average molecular weight is 397 g/mol. The van der Waals surface area contributed by atoms with Gasteiger partial charge in [-0.1, -0.05) is 26.0 Å². The van der Waals surface area contributed by atoms with Gasteiger partial charge in [0.1, 0.15) is 17.6 Å². The number of anilines is 1. The Labute approximate surface area is 174 Å². The van der Waals surface area contributed by atoms with E-state index in [9.17, 15) is 4.79 Å². The predicted octanol–water partition coefficient (Wildman–Crippen LogP) is 4.92. The number of Topliss-reactive ketones (excluding diaryl/α,β-unsaturated/α-hetero) is 1. The Kier molecular flexibility index (Phi) is 7.13. The largest absolute Gasteiger partial charge is 0.489 e. The highest BCUT2D eigenvalue weighted by Crippen LogP contribution is 2.28. The number of ketones is 1. The Morgan fingerprint density at radius 3 is 2.66 bits per heavy atom. The molecule has 1 aliphatic heterocycles. The molecule has 156 valence electrons. The molecule has 1 unspecified atom stereocenters. The van der Waals surface area contributed by atoms with Crippen LogP contribution in [0.15, 0.2) is 36.4 Å². The maximum atomic E-state index is 11.3. The molecule has 1 saturated heterocycles. The summed E-state index contributed by atoms with van der Waals surface area (Å²) in [5, 5.41) is 0. The number of pyridine rings is 1. The second-order valence-electron chi connectivity index (χ2n) is 7.95. The van der Waals surface area contributed by atoms with E-state index in [0.717, 1.165) is 43.1 Å². The van der Waals surface area contributed by atoms with E-state index < -0.39 is 0 Å². The Morgan fingerprint density at radius 1 is 1.24 bits per heavy atom. The lowest BCUT2D eigenvalue weighted by Crippen LogP contribution is -2.25. The van der Waals surface area contributed by atoms with E-state index in [0.29, 0.717) is 18.9 Å². The van der Waals surface area contributed by atoms with Gasteiger partial charge >= 0.3 is 0 Å². The van der Waals surface area contributed by atoms with Gasteiger partial charge in [0.2, 0.25) is 5.88 Å². The number of aryl methyl sites for hydroxylation is 1. The van der Waals surface area contributed by atoms with Crippen molar-refractivity contribution in [1.82, 2.24) is 4.98 Å². The van der Waals surface area contributed by atoms with Crippen LogP contribution in [0.4, 0.5) is 5.69 Å². The van der Waals surface area contributed by atoms with E-state index in [1.54, 1.807) is 6.92 Å². The third-order valence-corrected chi connectivity index (χ3v) is 5.32. The molecule has 0 spiro atoms. The minimum Gasteiger partial charge on any atom is -0.489 e. The van der Waals surface area contributed by atoms with Gasteiger partial charge in [0.15, 0.2) is 0 Å². The predicted molar refractivity (Wildman–Crippen MR) is 116 cm³/mol. The first-order valence-corrected chi connectivity index (χ1v) is 10.6. The van der Waals surface area contributed by atoms with Crippen LogP contribution in [0.5, 0.6) is 11.6 Å². The van der Waals surface area contributed by atoms with Crippen LogP contribution in [0.3, 0.4) is 0 Å². The monoisotopic (exact) mass is 396 g/mol. The molecule has 5 nitrogen and oxygen atoms in total. The van der Waals surface area contributed by atoms with Crippen LogP contribution in [0.2, 0.25) is 0 Å². The van der Waals surface area contributed by atoms with Crippen molar-refractivity contribution in [3.05, 3.63) is 47.7 Å². The molecule has 3 rings (SSSR count). The van der Waals surface area contributed by atoms with Gasteiger partial charge in [0, 0.05) is 25.5 Å². The van der Waals surface area contributed by atoms with Crippen LogP contribution in [0, 0.1) is 6.92 Å². The van der Waals surface area contributed by atoms with E-state index in [1.807, 2.05) is 25.1 Å². The van der Waals surface area contributed by atoms with Crippen LogP contribution in [0.25, 0.3) is 0 Å². The van der Waals surface area contributed by atoms with Crippen LogP contribution >= 0.6 is 0 Å². The molecule has 2 aromatic rings. The summed E-state index contributed by atoms with van der Waals surface area (Å²) in [6, 6.07) is 12.2. The zero-order chi connectivity index (χ0) is 20.8. The Balaban J connectivity index is 1.56. The maximum Gasteiger partial charge on any atom is 0.213 e. The maximum absolute atomic E-state index is 11.3. The zero-order valence-corrected chi connectivity index (χ0v) is 18.0. The minimum atomic E-state index is 0.158. The van der Waals surface area contributed by atoms with Crippen molar-refractivity contribution in [2.75, 3.05) is 24.6 Å². The smallest absolute Gasteiger partial charge is 0.213 e. The second kappa shape index (κ2) is 9.77. The molecule has 0 N–H and O–H groups in total. The fourth-order valence-electron chi connectivity index (χ4n) is 3.81. The number of rotatable bonds is 9. The summed E-state index contributed by atoms with van der Waals surface area (Å²) in [4.78, 5) is 18.2. The first-order valence-electron chi connectivity index (χ1n) is 10.6. The number of carbonyl (C=O) groups excluding carboxylic acids is 1. The SMILES string of the molecule is CCCOc1ccc(N2CCC(Oc3ccc([C@H](C)CC(C)=O)cc3)C2)c(C)n1. The van der Waals surface area contributed by atoms with E-state index in [4.69, 9.17) is 9.47 Å². The van der Waals surface area contributed by atoms with Crippen molar-refractivity contribution in [3.63, 3.8) is 0 Å². The van der Waals surface area contributed by atoms with Gasteiger partial charge in [-0.05, 0) is 49.9 Å². The van der Waals surface area contributed by atoms with Crippen molar-refractivity contribution < 1.29 is 14.3 Å². The second-order valence-corrected chi connectivity index (χ2v) is 7.95. The molecule has 1 fully saturated rings. The third-order valence-electron chi connectivity index (χ3n) is 5.32. The molecule has 1 aliphatic rings. The molecule has 0 amide bonds. The lowest BCUT2D eigenvalue weighted by molar-refractivity contribution is -0.117. The summed E-state index contributed by atoms with van der Waals surface area (Å²) >= 11 is 0. The fraction of sp³-hybridized carbons (Fsp3) is 0.500. The van der Waals surface area contributed by atoms with Crippen LogP contribution in [-0.2, 0) is 4.79 Å². The van der Waals surface area contributed by atoms with Gasteiger partial charge in [-0.3, -0.25) is 0 Å². The van der Waals surface area contributed by atoms with Gasteiger partial charge in [-0.15, -0.1) is 0 Å². The number of ether oxygens (including phenoxy) is 2. The van der Waals surface area contributed by atoms with Crippen LogP contribution < -0.4 is 14.4 Å². The topological polar surface area (TPSA) is 51.7 Å². The summed E-state index contributed by atoms with van der Waals surface area (Å²) < 4.78 is 11.8. The quantitative estimate of drug-likeness (QED) is 0.602. The zero-order valence-electron chi connectivity index (χ0n) is 18.0. The number of hydrogen-bond acceptors (Lipinski definition) is 5. The summed E-state index contributed by atoms with van der Waals surface area (Å²) in [7, 11) is 0. The summed E-state index contributed by atoms with van der Waals surface area (Å²) in [6.45, 7) is 10.3. The van der Waals surface area contributed by atoms with Gasteiger partial charge in [-0.2, -0.15) is 0 Å². The summed E-state index contributed by atoms with van der Waals surface area (Å²) in [6.07, 6.45) is 2.69. The molecular formula is C24H32N2O3. The molecule has 2 heterocycles. The van der Waals surface area contributed by atoms with Crippen molar-refractivity contribution in [2.24, 2.45) is 0 Å². The van der Waals surface area contributed by atoms with E-state index in [-0.39, 0.29) is 17.8 Å². The van der Waals surface area contributed by atoms with Crippen molar-refractivity contribution >= 4 is 11.5 Å². The lowest BCUT2D eigenvalue weighted by atomic mass is 9.96. The summed E-state index contributed by atoms with van der Waals surface area (Å²) in [5.41, 5.74) is 3.31. The molecule has 0 radical (unpaired) electrons. The van der Waals surface area contributed by atoms with Gasteiger partial charge in [0.05, 0.1) is 24.5 Å². The normalized spacial score (nSPS) is 17.2. The molecule has 1 aromatic heterocycles. The van der Waals surface area contributed by atoms with Gasteiger partial charge < -0.3 is 19.2 Å². The highest BCUT2D eigenvalue weighted by molar-refractivity contribution is 5.76. The summed E-state index contributed by atoms with van der Waals surface area (Å²) in [5.74, 6) is 2.04. The highest BCUT2D eigenvalue weighted by atomic mass is 16.5. The number of nitrogens with zero attached hydrogens (tertiary/aromatic N) is 2. The van der Waals surface area contributed by atoms with Crippen molar-refractivity contribution in [1.29, 1.82) is 0 Å². The molecule has 5 heteroatoms. The highest BCUT2D eigenvalue weighted by Gasteiger charge is 2.25. The number of aromatic nitrogens is 1. The molecule has 2 atom stereocenters. The number of hydrogen-bond donors (Lipinski definition) is 0. The molecule has 0 aliphatic carbocycles. The minimum absolute atomic E-state index is 0.158. The Morgan fingerprint density at radius 2 is 2.00 bits per heavy atom. The average Bonchev–Trinajstić information content (AvgIpc) is 3.14. The molecule has 29 heavy (non-hydrogen) atoms. The van der Waals surface area contributed by atoms with Crippen LogP contribution in [0.1, 0.15) is 57.2 Å². The molecule has 1 aromatic carbocycles. The third kappa shape index (κ3) is 5.72. The standard InChI is InChI=1S/C24H32N2O3/c1-5-14-28-24-11-10-23(19(4)25-24)26-13-12-22(16-26)29-21-8-6-20(7-9-21)17(2)15-18(3)27/h6-11,17,22H,5,12-16H2,1-4H3/t17-,22?/m1/s1. The Bertz CT molecular complexity index is 819. The number of benzene rings is 1. The lowest BCUT2D eigenvalue weighted by Gasteiger charge is -2.21. The van der Waals surface area contributed by atoms with Crippen molar-refractivity contribution in [3.8, 4) is 11.6 Å². The van der Waals surface area contributed by atoms with Gasteiger partial charge in [-0.25, -0.2) is 4.98 Å². The van der Waals surface area contributed by atoms with Gasteiger partial charge in [0.25, 0.3) is 0 Å². The van der Waals surface area contributed by atoms with E-state index in [2.05, 4.69) is 41.9 Å². The Hall–Kier alpha value is -2.56. The molecule has 0 bridgehead atoms. The first kappa shape index (κ1) is 21.2. The fourth-order valence-corrected chi connectivity index (χ4v) is 3.81. The van der Waals surface area contributed by atoms with E-state index in [1.165, 1.54) is 5.56 Å². The number of carbonyl (C=O) groups is 1. The van der Waals surface area contributed by atoms with E-state index >= 15 is 0 Å².